The zero-order valence-corrected chi connectivity index (χ0v) is 10.6. The second-order valence-electron chi connectivity index (χ2n) is 3.17. The molecule has 0 bridgehead atoms. The van der Waals surface area contributed by atoms with Crippen LogP contribution in [-0.2, 0) is 10.6 Å². The molecule has 0 atom stereocenters. The van der Waals surface area contributed by atoms with Crippen LogP contribution in [0.1, 0.15) is 16.1 Å². The third-order valence-corrected chi connectivity index (χ3v) is 2.23. The number of ether oxygens (including phenoxy) is 3. The van der Waals surface area contributed by atoms with E-state index in [1.165, 1.54) is 6.07 Å². The first-order valence-electron chi connectivity index (χ1n) is 4.80. The van der Waals surface area contributed by atoms with Crippen molar-refractivity contribution in [2.75, 3.05) is 14.2 Å². The van der Waals surface area contributed by atoms with Gasteiger partial charge in [-0.25, -0.2) is 9.78 Å². The van der Waals surface area contributed by atoms with Crippen molar-refractivity contribution < 1.29 is 32.2 Å². The summed E-state index contributed by atoms with van der Waals surface area (Å²) in [4.78, 5) is 15.0. The van der Waals surface area contributed by atoms with Crippen LogP contribution < -0.4 is 9.47 Å². The van der Waals surface area contributed by atoms with E-state index in [9.17, 15) is 18.0 Å². The summed E-state index contributed by atoms with van der Waals surface area (Å²) in [6.07, 6.45) is -4.97. The zero-order valence-electron chi connectivity index (χ0n) is 9.88. The number of hydrogen-bond acceptors (Lipinski definition) is 5. The summed E-state index contributed by atoms with van der Waals surface area (Å²) in [5.41, 5.74) is -0.239. The molecule has 0 fully saturated rings. The number of alkyl halides is 4. The predicted molar refractivity (Wildman–Crippen MR) is 58.4 cm³/mol. The highest BCUT2D eigenvalue weighted by Crippen LogP contribution is 2.34. The third-order valence-electron chi connectivity index (χ3n) is 1.95. The number of rotatable bonds is 4. The highest BCUT2D eigenvalue weighted by Gasteiger charge is 2.35. The highest BCUT2D eigenvalue weighted by atomic mass is 35.5. The second kappa shape index (κ2) is 5.96. The van der Waals surface area contributed by atoms with Crippen LogP contribution in [0.5, 0.6) is 11.6 Å². The Morgan fingerprint density at radius 2 is 2.05 bits per heavy atom. The molecule has 0 saturated heterocycles. The Labute approximate surface area is 111 Å². The average molecular weight is 300 g/mol. The largest absolute Gasteiger partial charge is 0.574 e. The van der Waals surface area contributed by atoms with Crippen LogP contribution in [0, 0.1) is 0 Å². The van der Waals surface area contributed by atoms with E-state index in [0.717, 1.165) is 14.2 Å². The van der Waals surface area contributed by atoms with Crippen molar-refractivity contribution in [1.29, 1.82) is 0 Å². The summed E-state index contributed by atoms with van der Waals surface area (Å²) in [7, 11) is 2.15. The number of nitrogens with zero attached hydrogens (tertiary/aromatic N) is 1. The van der Waals surface area contributed by atoms with E-state index < -0.39 is 24.0 Å². The smallest absolute Gasteiger partial charge is 0.491 e. The van der Waals surface area contributed by atoms with Crippen LogP contribution in [0.4, 0.5) is 13.2 Å². The minimum Gasteiger partial charge on any atom is -0.491 e. The third kappa shape index (κ3) is 3.88. The van der Waals surface area contributed by atoms with Crippen molar-refractivity contribution in [3.05, 3.63) is 17.3 Å². The quantitative estimate of drug-likeness (QED) is 0.631. The Hall–Kier alpha value is -1.70. The Morgan fingerprint density at radius 3 is 2.47 bits per heavy atom. The average Bonchev–Trinajstić information content (AvgIpc) is 2.34. The highest BCUT2D eigenvalue weighted by molar-refractivity contribution is 6.17. The fourth-order valence-electron chi connectivity index (χ4n) is 1.27. The predicted octanol–water partition coefficient (Wildman–Crippen LogP) is 2.51. The van der Waals surface area contributed by atoms with Gasteiger partial charge in [0.25, 0.3) is 5.88 Å². The minimum absolute atomic E-state index is 0.0158. The molecule has 1 aromatic heterocycles. The molecule has 0 saturated carbocycles. The lowest BCUT2D eigenvalue weighted by Crippen LogP contribution is -2.20. The van der Waals surface area contributed by atoms with Crippen LogP contribution in [0.15, 0.2) is 6.07 Å². The van der Waals surface area contributed by atoms with Gasteiger partial charge in [-0.1, -0.05) is 0 Å². The summed E-state index contributed by atoms with van der Waals surface area (Å²) in [5.74, 6) is -2.47. The molecule has 19 heavy (non-hydrogen) atoms. The van der Waals surface area contributed by atoms with E-state index >= 15 is 0 Å². The fraction of sp³-hybridized carbons (Fsp3) is 0.400. The van der Waals surface area contributed by atoms with Gasteiger partial charge in [0.05, 0.1) is 25.8 Å². The van der Waals surface area contributed by atoms with Gasteiger partial charge in [0.2, 0.25) is 0 Å². The van der Waals surface area contributed by atoms with Gasteiger partial charge >= 0.3 is 12.3 Å². The topological polar surface area (TPSA) is 57.7 Å². The van der Waals surface area contributed by atoms with Gasteiger partial charge in [-0.2, -0.15) is 0 Å². The van der Waals surface area contributed by atoms with Crippen LogP contribution >= 0.6 is 11.6 Å². The van der Waals surface area contributed by atoms with Crippen LogP contribution in [0.3, 0.4) is 0 Å². The molecule has 9 heteroatoms. The Morgan fingerprint density at radius 1 is 1.42 bits per heavy atom. The molecule has 1 heterocycles. The zero-order chi connectivity index (χ0) is 14.6. The lowest BCUT2D eigenvalue weighted by Gasteiger charge is -2.14. The first-order chi connectivity index (χ1) is 8.82. The molecule has 0 amide bonds. The van der Waals surface area contributed by atoms with E-state index in [1.807, 2.05) is 0 Å². The van der Waals surface area contributed by atoms with Crippen molar-refractivity contribution in [1.82, 2.24) is 4.98 Å². The van der Waals surface area contributed by atoms with Crippen molar-refractivity contribution in [2.24, 2.45) is 0 Å². The fourth-order valence-corrected chi connectivity index (χ4v) is 1.40. The molecule has 5 nitrogen and oxygen atoms in total. The van der Waals surface area contributed by atoms with Gasteiger partial charge in [0.1, 0.15) is 5.56 Å². The summed E-state index contributed by atoms with van der Waals surface area (Å²) < 4.78 is 49.6. The first-order valence-corrected chi connectivity index (χ1v) is 5.33. The molecule has 0 N–H and O–H groups in total. The number of halogens is 4. The maximum absolute atomic E-state index is 12.2. The lowest BCUT2D eigenvalue weighted by atomic mass is 10.2. The maximum atomic E-state index is 12.2. The monoisotopic (exact) mass is 299 g/mol. The summed E-state index contributed by atoms with van der Waals surface area (Å²) in [5, 5.41) is 0. The van der Waals surface area contributed by atoms with Gasteiger partial charge in [-0.15, -0.1) is 24.8 Å². The number of carbonyl (C=O) groups is 1. The van der Waals surface area contributed by atoms with E-state index in [2.05, 4.69) is 14.5 Å². The van der Waals surface area contributed by atoms with E-state index in [0.29, 0.717) is 0 Å². The number of pyridine rings is 1. The van der Waals surface area contributed by atoms with Crippen LogP contribution in [-0.4, -0.2) is 31.5 Å². The van der Waals surface area contributed by atoms with Crippen molar-refractivity contribution in [2.45, 2.75) is 12.2 Å². The van der Waals surface area contributed by atoms with E-state index in [1.54, 1.807) is 0 Å². The Balaban J connectivity index is 3.39. The number of aromatic nitrogens is 1. The van der Waals surface area contributed by atoms with Crippen molar-refractivity contribution in [3.8, 4) is 11.6 Å². The Bertz CT molecular complexity index is 479. The molecule has 0 aliphatic rings. The molecular weight excluding hydrogens is 291 g/mol. The molecule has 0 aromatic carbocycles. The van der Waals surface area contributed by atoms with Gasteiger partial charge in [-0.05, 0) is 6.07 Å². The summed E-state index contributed by atoms with van der Waals surface area (Å²) >= 11 is 5.49. The molecule has 106 valence electrons. The summed E-state index contributed by atoms with van der Waals surface area (Å²) in [6.45, 7) is 0. The maximum Gasteiger partial charge on any atom is 0.574 e. The van der Waals surface area contributed by atoms with E-state index in [-0.39, 0.29) is 17.1 Å². The van der Waals surface area contributed by atoms with Gasteiger partial charge in [0.15, 0.2) is 5.75 Å². The first kappa shape index (κ1) is 15.4. The molecular formula is C10H9ClF3NO4. The molecule has 0 aliphatic carbocycles. The molecule has 1 aromatic rings. The normalized spacial score (nSPS) is 11.1. The van der Waals surface area contributed by atoms with Gasteiger partial charge < -0.3 is 14.2 Å². The second-order valence-corrected chi connectivity index (χ2v) is 3.44. The number of esters is 1. The van der Waals surface area contributed by atoms with Crippen molar-refractivity contribution in [3.63, 3.8) is 0 Å². The van der Waals surface area contributed by atoms with Crippen LogP contribution in [0.2, 0.25) is 0 Å². The van der Waals surface area contributed by atoms with Gasteiger partial charge in [-0.3, -0.25) is 0 Å². The molecule has 0 aliphatic heterocycles. The number of methoxy groups -OCH3 is 2. The van der Waals surface area contributed by atoms with Crippen molar-refractivity contribution >= 4 is 17.6 Å². The summed E-state index contributed by atoms with van der Waals surface area (Å²) in [6, 6.07) is 1.17. The van der Waals surface area contributed by atoms with Crippen LogP contribution in [0.25, 0.3) is 0 Å². The standard InChI is InChI=1S/C10H9ClF3NO4/c1-17-7-6(9(16)18-2)3-5(4-11)15-8(7)19-10(12,13)14/h3H,4H2,1-2H3. The SMILES string of the molecule is COC(=O)c1cc(CCl)nc(OC(F)(F)F)c1OC. The molecule has 0 radical (unpaired) electrons. The molecule has 0 spiro atoms. The lowest BCUT2D eigenvalue weighted by molar-refractivity contribution is -0.276. The van der Waals surface area contributed by atoms with E-state index in [4.69, 9.17) is 16.3 Å². The Kier molecular flexibility index (Phi) is 4.82. The molecule has 0 unspecified atom stereocenters. The molecule has 1 rings (SSSR count). The van der Waals surface area contributed by atoms with Gasteiger partial charge in [0, 0.05) is 0 Å². The number of hydrogen-bond donors (Lipinski definition) is 0. The number of carbonyl (C=O) groups excluding carboxylic acids is 1. The minimum atomic E-state index is -4.97.